The molecule has 1 aromatic heterocycles. The lowest BCUT2D eigenvalue weighted by Crippen LogP contribution is -2.05. The highest BCUT2D eigenvalue weighted by molar-refractivity contribution is 5.84. The van der Waals surface area contributed by atoms with Crippen LogP contribution in [0.15, 0.2) is 36.4 Å². The van der Waals surface area contributed by atoms with Crippen molar-refractivity contribution >= 4 is 16.7 Å². The first-order chi connectivity index (χ1) is 9.99. The Morgan fingerprint density at radius 1 is 1.19 bits per heavy atom. The molecule has 21 heavy (non-hydrogen) atoms. The highest BCUT2D eigenvalue weighted by atomic mass is 19.1. The maximum absolute atomic E-state index is 14.3. The zero-order valence-corrected chi connectivity index (χ0v) is 12.4. The monoisotopic (exact) mass is 283 g/mol. The average molecular weight is 283 g/mol. The molecule has 0 spiro atoms. The van der Waals surface area contributed by atoms with E-state index in [4.69, 9.17) is 5.73 Å². The zero-order valence-electron chi connectivity index (χ0n) is 12.4. The van der Waals surface area contributed by atoms with E-state index in [-0.39, 0.29) is 11.9 Å². The van der Waals surface area contributed by atoms with E-state index in [0.717, 1.165) is 16.6 Å². The molecule has 0 radical (unpaired) electrons. The van der Waals surface area contributed by atoms with Gasteiger partial charge in [0.05, 0.1) is 16.6 Å². The van der Waals surface area contributed by atoms with Crippen LogP contribution in [-0.2, 0) is 0 Å². The quantitative estimate of drug-likeness (QED) is 0.712. The zero-order chi connectivity index (χ0) is 15.1. The summed E-state index contributed by atoms with van der Waals surface area (Å²) in [6, 6.07) is 11.0. The Morgan fingerprint density at radius 2 is 1.95 bits per heavy atom. The highest BCUT2D eigenvalue weighted by Crippen LogP contribution is 2.33. The highest BCUT2D eigenvalue weighted by Gasteiger charge is 2.19. The average Bonchev–Trinajstić information content (AvgIpc) is 2.76. The van der Waals surface area contributed by atoms with Gasteiger partial charge < -0.3 is 10.3 Å². The fourth-order valence-electron chi connectivity index (χ4n) is 2.68. The first-order valence-corrected chi connectivity index (χ1v) is 7.02. The second kappa shape index (κ2) is 4.88. The topological polar surface area (TPSA) is 43.8 Å². The van der Waals surface area contributed by atoms with Crippen molar-refractivity contribution in [3.8, 4) is 11.4 Å². The standard InChI is InChI=1S/C17H18FN3/c1-10(2)21-15-8-7-11(3)9-14(15)20-17(21)16-12(18)5-4-6-13(16)19/h4-10H,19H2,1-3H3. The number of aryl methyl sites for hydroxylation is 1. The number of hydrogen-bond acceptors (Lipinski definition) is 2. The van der Waals surface area contributed by atoms with Gasteiger partial charge in [0.2, 0.25) is 0 Å². The Morgan fingerprint density at radius 3 is 2.62 bits per heavy atom. The van der Waals surface area contributed by atoms with Gasteiger partial charge in [0.1, 0.15) is 11.6 Å². The molecule has 0 unspecified atom stereocenters. The van der Waals surface area contributed by atoms with Crippen molar-refractivity contribution in [2.45, 2.75) is 26.8 Å². The van der Waals surface area contributed by atoms with Crippen molar-refractivity contribution in [1.29, 1.82) is 0 Å². The molecule has 0 aliphatic carbocycles. The molecule has 0 aliphatic rings. The number of nitrogen functional groups attached to an aromatic ring is 1. The van der Waals surface area contributed by atoms with Crippen molar-refractivity contribution < 1.29 is 4.39 Å². The first-order valence-electron chi connectivity index (χ1n) is 7.02. The van der Waals surface area contributed by atoms with Crippen LogP contribution in [0.4, 0.5) is 10.1 Å². The molecule has 0 bridgehead atoms. The number of aromatic nitrogens is 2. The molecule has 0 saturated carbocycles. The molecular formula is C17H18FN3. The molecule has 0 aliphatic heterocycles. The number of halogens is 1. The molecular weight excluding hydrogens is 265 g/mol. The van der Waals surface area contributed by atoms with Crippen LogP contribution in [0.25, 0.3) is 22.4 Å². The number of imidazole rings is 1. The lowest BCUT2D eigenvalue weighted by Gasteiger charge is -2.14. The maximum atomic E-state index is 14.3. The van der Waals surface area contributed by atoms with Crippen molar-refractivity contribution in [3.63, 3.8) is 0 Å². The van der Waals surface area contributed by atoms with E-state index in [1.165, 1.54) is 6.07 Å². The molecule has 2 N–H and O–H groups in total. The summed E-state index contributed by atoms with van der Waals surface area (Å²) in [6.45, 7) is 6.13. The predicted molar refractivity (Wildman–Crippen MR) is 84.7 cm³/mol. The van der Waals surface area contributed by atoms with Gasteiger partial charge in [0.15, 0.2) is 0 Å². The second-order valence-electron chi connectivity index (χ2n) is 5.60. The lowest BCUT2D eigenvalue weighted by atomic mass is 10.1. The fourth-order valence-corrected chi connectivity index (χ4v) is 2.68. The largest absolute Gasteiger partial charge is 0.398 e. The molecule has 0 atom stereocenters. The SMILES string of the molecule is Cc1ccc2c(c1)nc(-c1c(N)cccc1F)n2C(C)C. The molecule has 3 aromatic rings. The predicted octanol–water partition coefficient (Wildman–Crippen LogP) is 4.31. The fraction of sp³-hybridized carbons (Fsp3) is 0.235. The van der Waals surface area contributed by atoms with Crippen LogP contribution in [0, 0.1) is 12.7 Å². The van der Waals surface area contributed by atoms with E-state index in [0.29, 0.717) is 17.1 Å². The summed E-state index contributed by atoms with van der Waals surface area (Å²) in [7, 11) is 0. The van der Waals surface area contributed by atoms with Crippen molar-refractivity contribution in [2.75, 3.05) is 5.73 Å². The van der Waals surface area contributed by atoms with Crippen LogP contribution < -0.4 is 5.73 Å². The summed E-state index contributed by atoms with van der Waals surface area (Å²) in [5, 5.41) is 0. The smallest absolute Gasteiger partial charge is 0.146 e. The van der Waals surface area contributed by atoms with Crippen molar-refractivity contribution in [3.05, 3.63) is 47.8 Å². The van der Waals surface area contributed by atoms with Crippen LogP contribution in [0.3, 0.4) is 0 Å². The number of rotatable bonds is 2. The summed E-state index contributed by atoms with van der Waals surface area (Å²) in [4.78, 5) is 4.63. The summed E-state index contributed by atoms with van der Waals surface area (Å²) in [5.41, 5.74) is 9.75. The van der Waals surface area contributed by atoms with E-state index in [1.54, 1.807) is 12.1 Å². The Labute approximate surface area is 123 Å². The van der Waals surface area contributed by atoms with Crippen LogP contribution in [0.5, 0.6) is 0 Å². The number of nitrogens with two attached hydrogens (primary N) is 1. The van der Waals surface area contributed by atoms with Gasteiger partial charge >= 0.3 is 0 Å². The Hall–Kier alpha value is -2.36. The van der Waals surface area contributed by atoms with E-state index < -0.39 is 0 Å². The lowest BCUT2D eigenvalue weighted by molar-refractivity contribution is 0.608. The van der Waals surface area contributed by atoms with Gasteiger partial charge in [-0.25, -0.2) is 9.37 Å². The number of anilines is 1. The minimum atomic E-state index is -0.344. The molecule has 108 valence electrons. The van der Waals surface area contributed by atoms with Crippen molar-refractivity contribution in [1.82, 2.24) is 9.55 Å². The number of benzene rings is 2. The summed E-state index contributed by atoms with van der Waals surface area (Å²) < 4.78 is 16.3. The van der Waals surface area contributed by atoms with Gasteiger partial charge in [-0.3, -0.25) is 0 Å². The number of fused-ring (bicyclic) bond motifs is 1. The van der Waals surface area contributed by atoms with Crippen molar-refractivity contribution in [2.24, 2.45) is 0 Å². The van der Waals surface area contributed by atoms with Gasteiger partial charge in [-0.2, -0.15) is 0 Å². The van der Waals surface area contributed by atoms with E-state index >= 15 is 0 Å². The van der Waals surface area contributed by atoms with Gasteiger partial charge in [0, 0.05) is 11.7 Å². The molecule has 3 nitrogen and oxygen atoms in total. The molecule has 2 aromatic carbocycles. The Kier molecular flexibility index (Phi) is 3.16. The minimum absolute atomic E-state index is 0.159. The Bertz CT molecular complexity index is 798. The van der Waals surface area contributed by atoms with Gasteiger partial charge in [0.25, 0.3) is 0 Å². The van der Waals surface area contributed by atoms with Crippen LogP contribution >= 0.6 is 0 Å². The van der Waals surface area contributed by atoms with Gasteiger partial charge in [-0.1, -0.05) is 12.1 Å². The molecule has 4 heteroatoms. The number of hydrogen-bond donors (Lipinski definition) is 1. The van der Waals surface area contributed by atoms with E-state index in [1.807, 2.05) is 29.7 Å². The summed E-state index contributed by atoms with van der Waals surface area (Å²) in [6.07, 6.45) is 0. The van der Waals surface area contributed by atoms with Gasteiger partial charge in [-0.05, 0) is 50.6 Å². The normalized spacial score (nSPS) is 11.5. The van der Waals surface area contributed by atoms with Crippen LogP contribution in [-0.4, -0.2) is 9.55 Å². The summed E-state index contributed by atoms with van der Waals surface area (Å²) in [5.74, 6) is 0.241. The molecule has 3 rings (SSSR count). The number of nitrogens with zero attached hydrogens (tertiary/aromatic N) is 2. The molecule has 1 heterocycles. The van der Waals surface area contributed by atoms with E-state index in [2.05, 4.69) is 18.8 Å². The molecule has 0 fully saturated rings. The third kappa shape index (κ3) is 2.17. The molecule has 0 amide bonds. The molecule has 0 saturated heterocycles. The third-order valence-electron chi connectivity index (χ3n) is 3.63. The Balaban J connectivity index is 2.39. The maximum Gasteiger partial charge on any atom is 0.146 e. The second-order valence-corrected chi connectivity index (χ2v) is 5.60. The third-order valence-corrected chi connectivity index (χ3v) is 3.63. The first kappa shape index (κ1) is 13.6. The van der Waals surface area contributed by atoms with Crippen LogP contribution in [0.2, 0.25) is 0 Å². The van der Waals surface area contributed by atoms with E-state index in [9.17, 15) is 4.39 Å². The summed E-state index contributed by atoms with van der Waals surface area (Å²) >= 11 is 0. The van der Waals surface area contributed by atoms with Crippen LogP contribution in [0.1, 0.15) is 25.5 Å². The van der Waals surface area contributed by atoms with Gasteiger partial charge in [-0.15, -0.1) is 0 Å². The minimum Gasteiger partial charge on any atom is -0.398 e.